The Morgan fingerprint density at radius 3 is 2.42 bits per heavy atom. The van der Waals surface area contributed by atoms with E-state index in [4.69, 9.17) is 10.2 Å². The molecule has 0 spiro atoms. The molecule has 1 aliphatic rings. The maximum atomic E-state index is 14.2. The predicted octanol–water partition coefficient (Wildman–Crippen LogP) is 3.29. The smallest absolute Gasteiger partial charge is 0.388 e. The number of hydrogen-bond donors (Lipinski definition) is 3. The minimum absolute atomic E-state index is 0. The third-order valence-corrected chi connectivity index (χ3v) is 4.19. The highest BCUT2D eigenvalue weighted by molar-refractivity contribution is 5.85. The zero-order valence-electron chi connectivity index (χ0n) is 13.4. The third-order valence-electron chi connectivity index (χ3n) is 4.19. The van der Waals surface area contributed by atoms with E-state index < -0.39 is 29.0 Å². The highest BCUT2D eigenvalue weighted by atomic mass is 35.5. The molecule has 1 aromatic heterocycles. The van der Waals surface area contributed by atoms with Crippen molar-refractivity contribution in [2.24, 2.45) is 5.73 Å². The van der Waals surface area contributed by atoms with Gasteiger partial charge in [-0.15, -0.1) is 17.5 Å². The van der Waals surface area contributed by atoms with Gasteiger partial charge in [0.2, 0.25) is 5.89 Å². The molecule has 1 heterocycles. The summed E-state index contributed by atoms with van der Waals surface area (Å²) in [5.41, 5.74) is 3.93. The van der Waals surface area contributed by atoms with E-state index in [0.717, 1.165) is 6.07 Å². The first-order chi connectivity index (χ1) is 11.7. The number of nitrogens with two attached hydrogens (primary N) is 1. The number of nitrogens with zero attached hydrogens (tertiary/aromatic N) is 1. The Morgan fingerprint density at radius 1 is 1.23 bits per heavy atom. The molecule has 144 valence electrons. The van der Waals surface area contributed by atoms with E-state index >= 15 is 0 Å². The van der Waals surface area contributed by atoms with Crippen molar-refractivity contribution in [2.45, 2.75) is 43.9 Å². The molecule has 1 saturated carbocycles. The normalized spacial score (nSPS) is 20.5. The van der Waals surface area contributed by atoms with Gasteiger partial charge in [0, 0.05) is 17.6 Å². The van der Waals surface area contributed by atoms with Crippen molar-refractivity contribution in [3.63, 3.8) is 0 Å². The van der Waals surface area contributed by atoms with Crippen LogP contribution < -0.4 is 16.8 Å². The molecule has 2 aromatic rings. The predicted molar refractivity (Wildman–Crippen MR) is 88.6 cm³/mol. The largest absolute Gasteiger partial charge is 0.434 e. The molecule has 0 bridgehead atoms. The monoisotopic (exact) mass is 396 g/mol. The fourth-order valence-electron chi connectivity index (χ4n) is 2.97. The van der Waals surface area contributed by atoms with Gasteiger partial charge < -0.3 is 15.5 Å². The molecule has 0 amide bonds. The highest BCUT2D eigenvalue weighted by Crippen LogP contribution is 2.40. The maximum absolute atomic E-state index is 14.2. The Morgan fingerprint density at radius 2 is 1.88 bits per heavy atom. The van der Waals surface area contributed by atoms with Crippen LogP contribution in [0.25, 0.3) is 11.5 Å². The lowest BCUT2D eigenvalue weighted by Crippen LogP contribution is -2.33. The number of halogens is 5. The number of anilines is 1. The summed E-state index contributed by atoms with van der Waals surface area (Å²) >= 11 is 0. The summed E-state index contributed by atoms with van der Waals surface area (Å²) in [4.78, 5) is 11.0. The Kier molecular flexibility index (Phi) is 5.97. The molecule has 26 heavy (non-hydrogen) atoms. The molecule has 1 aromatic carbocycles. The number of aromatic nitrogens is 2. The van der Waals surface area contributed by atoms with Crippen LogP contribution in [0.1, 0.15) is 31.2 Å². The Balaban J connectivity index is 0.00000243. The molecule has 0 unspecified atom stereocenters. The molecule has 6 nitrogen and oxygen atoms in total. The molecule has 0 aliphatic heterocycles. The quantitative estimate of drug-likeness (QED) is 0.692. The van der Waals surface area contributed by atoms with Crippen LogP contribution >= 0.6 is 12.4 Å². The van der Waals surface area contributed by atoms with Crippen LogP contribution in [0.4, 0.5) is 23.2 Å². The molecular formula is C15H17ClF4N4O2. The first kappa shape index (κ1) is 20.2. The number of aromatic amines is 1. The van der Waals surface area contributed by atoms with Gasteiger partial charge in [0.25, 0.3) is 0 Å². The third kappa shape index (κ3) is 4.36. The van der Waals surface area contributed by atoms with Gasteiger partial charge in [0.05, 0.1) is 5.69 Å². The van der Waals surface area contributed by atoms with Crippen molar-refractivity contribution >= 4 is 18.1 Å². The van der Waals surface area contributed by atoms with E-state index in [9.17, 15) is 22.4 Å². The second-order valence-electron chi connectivity index (χ2n) is 6.05. The van der Waals surface area contributed by atoms with Crippen molar-refractivity contribution in [1.29, 1.82) is 0 Å². The zero-order valence-corrected chi connectivity index (χ0v) is 14.2. The second-order valence-corrected chi connectivity index (χ2v) is 6.05. The van der Waals surface area contributed by atoms with Crippen molar-refractivity contribution in [3.05, 3.63) is 34.1 Å². The first-order valence-electron chi connectivity index (χ1n) is 7.73. The number of alkyl halides is 3. The number of hydrogen-bond acceptors (Lipinski definition) is 5. The van der Waals surface area contributed by atoms with Crippen LogP contribution in [0.3, 0.4) is 0 Å². The van der Waals surface area contributed by atoms with Crippen molar-refractivity contribution < 1.29 is 22.0 Å². The second kappa shape index (κ2) is 7.67. The number of benzene rings is 1. The average Bonchev–Trinajstić information content (AvgIpc) is 2.94. The van der Waals surface area contributed by atoms with Gasteiger partial charge in [-0.25, -0.2) is 14.3 Å². The lowest BCUT2D eigenvalue weighted by molar-refractivity contribution is -0.139. The Bertz CT molecular complexity index is 813. The van der Waals surface area contributed by atoms with E-state index in [1.54, 1.807) is 0 Å². The van der Waals surface area contributed by atoms with Crippen LogP contribution in [-0.4, -0.2) is 22.3 Å². The van der Waals surface area contributed by atoms with Crippen molar-refractivity contribution in [3.8, 4) is 11.5 Å². The highest BCUT2D eigenvalue weighted by Gasteiger charge is 2.38. The van der Waals surface area contributed by atoms with Crippen LogP contribution in [0.2, 0.25) is 0 Å². The molecule has 4 N–H and O–H groups in total. The minimum Gasteiger partial charge on any atom is -0.388 e. The van der Waals surface area contributed by atoms with Crippen LogP contribution in [0, 0.1) is 5.82 Å². The lowest BCUT2D eigenvalue weighted by Gasteiger charge is -2.29. The standard InChI is InChI=1S/C15H16F4N4O2.ClH/c16-10-5-7(13-22-23-14(24)25-13)6-11(12(10)15(17,18)19)21-9-3-1-8(20)2-4-9;/h5-6,8-9,21H,1-4,20H2,(H,23,24);1H/t8-,9-;. The van der Waals surface area contributed by atoms with Gasteiger partial charge in [0.15, 0.2) is 0 Å². The number of nitrogens with one attached hydrogen (secondary N) is 2. The van der Waals surface area contributed by atoms with Gasteiger partial charge >= 0.3 is 11.9 Å². The lowest BCUT2D eigenvalue weighted by atomic mass is 9.91. The van der Waals surface area contributed by atoms with E-state index in [1.807, 2.05) is 5.10 Å². The van der Waals surface area contributed by atoms with Crippen molar-refractivity contribution in [2.75, 3.05) is 5.32 Å². The molecule has 1 fully saturated rings. The maximum Gasteiger partial charge on any atom is 0.434 e. The van der Waals surface area contributed by atoms with E-state index in [0.29, 0.717) is 31.7 Å². The van der Waals surface area contributed by atoms with Crippen molar-refractivity contribution in [1.82, 2.24) is 10.2 Å². The van der Waals surface area contributed by atoms with Gasteiger partial charge in [-0.3, -0.25) is 0 Å². The molecule has 1 aliphatic carbocycles. The topological polar surface area (TPSA) is 96.9 Å². The van der Waals surface area contributed by atoms with E-state index in [-0.39, 0.29) is 35.9 Å². The molecule has 0 radical (unpaired) electrons. The Labute approximate surface area is 151 Å². The van der Waals surface area contributed by atoms with E-state index in [2.05, 4.69) is 10.4 Å². The van der Waals surface area contributed by atoms with Crippen LogP contribution in [0.15, 0.2) is 21.3 Å². The van der Waals surface area contributed by atoms with Gasteiger partial charge in [-0.2, -0.15) is 13.2 Å². The SMILES string of the molecule is Cl.N[C@H]1CC[C@H](Nc2cc(-c3n[nH]c(=O)o3)cc(F)c2C(F)(F)F)CC1. The molecule has 3 rings (SSSR count). The molecule has 0 saturated heterocycles. The van der Waals surface area contributed by atoms with Gasteiger partial charge in [0.1, 0.15) is 11.4 Å². The summed E-state index contributed by atoms with van der Waals surface area (Å²) in [6, 6.07) is 1.51. The summed E-state index contributed by atoms with van der Waals surface area (Å²) < 4.78 is 58.7. The fourth-order valence-corrected chi connectivity index (χ4v) is 2.97. The zero-order chi connectivity index (χ0) is 18.2. The summed E-state index contributed by atoms with van der Waals surface area (Å²) in [7, 11) is 0. The summed E-state index contributed by atoms with van der Waals surface area (Å²) in [5, 5.41) is 8.27. The number of rotatable bonds is 3. The first-order valence-corrected chi connectivity index (χ1v) is 7.73. The molecular weight excluding hydrogens is 380 g/mol. The summed E-state index contributed by atoms with van der Waals surface area (Å²) in [6.07, 6.45) is -2.35. The molecule has 0 atom stereocenters. The van der Waals surface area contributed by atoms with Gasteiger partial charge in [-0.05, 0) is 37.8 Å². The summed E-state index contributed by atoms with van der Waals surface area (Å²) in [5.74, 6) is -2.64. The molecule has 11 heteroatoms. The summed E-state index contributed by atoms with van der Waals surface area (Å²) in [6.45, 7) is 0. The average molecular weight is 397 g/mol. The van der Waals surface area contributed by atoms with Crippen LogP contribution in [0.5, 0.6) is 0 Å². The Hall–Kier alpha value is -2.07. The fraction of sp³-hybridized carbons (Fsp3) is 0.467. The van der Waals surface area contributed by atoms with E-state index in [1.165, 1.54) is 0 Å². The van der Waals surface area contributed by atoms with Crippen LogP contribution in [-0.2, 0) is 6.18 Å². The van der Waals surface area contributed by atoms with Gasteiger partial charge in [-0.1, -0.05) is 0 Å². The number of H-pyrrole nitrogens is 1. The minimum atomic E-state index is -4.87.